The van der Waals surface area contributed by atoms with Gasteiger partial charge in [-0.05, 0) is 42.3 Å². The molecule has 0 fully saturated rings. The van der Waals surface area contributed by atoms with Gasteiger partial charge in [0.05, 0.1) is 17.3 Å². The van der Waals surface area contributed by atoms with Crippen LogP contribution in [0.15, 0.2) is 58.3 Å². The number of hydrogen-bond donors (Lipinski definition) is 2. The lowest BCUT2D eigenvalue weighted by atomic mass is 10.2. The number of benzene rings is 2. The van der Waals surface area contributed by atoms with Crippen molar-refractivity contribution < 1.29 is 9.00 Å². The zero-order valence-electron chi connectivity index (χ0n) is 11.8. The normalized spacial score (nSPS) is 11.9. The second-order valence-corrected chi connectivity index (χ2v) is 6.03. The molecule has 1 atom stereocenters. The molecule has 1 amide bonds. The summed E-state index contributed by atoms with van der Waals surface area (Å²) in [6, 6.07) is 14.7. The summed E-state index contributed by atoms with van der Waals surface area (Å²) in [6.07, 6.45) is 0.952. The topological polar surface area (TPSA) is 72.2 Å². The number of carbonyl (C=O) groups excluding carboxylic acids is 1. The first kappa shape index (κ1) is 15.4. The Bertz CT molecular complexity index is 654. The van der Waals surface area contributed by atoms with E-state index in [1.165, 1.54) is 5.56 Å². The molecular formula is C16H18N2O2S. The zero-order valence-corrected chi connectivity index (χ0v) is 12.7. The molecule has 3 N–H and O–H groups in total. The summed E-state index contributed by atoms with van der Waals surface area (Å²) >= 11 is 0. The van der Waals surface area contributed by atoms with Gasteiger partial charge in [-0.3, -0.25) is 4.79 Å². The molecule has 0 bridgehead atoms. The molecular weight excluding hydrogens is 284 g/mol. The molecule has 5 heteroatoms. The van der Waals surface area contributed by atoms with Crippen LogP contribution in [0, 0.1) is 0 Å². The first-order valence-electron chi connectivity index (χ1n) is 6.74. The van der Waals surface area contributed by atoms with Gasteiger partial charge in [-0.2, -0.15) is 0 Å². The number of nitrogens with one attached hydrogen (secondary N) is 1. The molecule has 0 aromatic heterocycles. The van der Waals surface area contributed by atoms with Crippen LogP contribution in [0.5, 0.6) is 0 Å². The van der Waals surface area contributed by atoms with Crippen molar-refractivity contribution in [3.63, 3.8) is 0 Å². The van der Waals surface area contributed by atoms with Crippen LogP contribution in [0.3, 0.4) is 0 Å². The van der Waals surface area contributed by atoms with Gasteiger partial charge in [-0.25, -0.2) is 4.21 Å². The van der Waals surface area contributed by atoms with Crippen molar-refractivity contribution >= 4 is 22.4 Å². The van der Waals surface area contributed by atoms with Gasteiger partial charge in [-0.15, -0.1) is 0 Å². The van der Waals surface area contributed by atoms with Crippen molar-refractivity contribution in [1.29, 1.82) is 0 Å². The van der Waals surface area contributed by atoms with Crippen LogP contribution >= 0.6 is 0 Å². The summed E-state index contributed by atoms with van der Waals surface area (Å²) in [5.41, 5.74) is 7.07. The van der Waals surface area contributed by atoms with Gasteiger partial charge in [0.15, 0.2) is 0 Å². The summed E-state index contributed by atoms with van der Waals surface area (Å²) in [7, 11) is -1.27. The molecule has 0 aliphatic heterocycles. The fourth-order valence-electron chi connectivity index (χ4n) is 1.89. The van der Waals surface area contributed by atoms with E-state index in [0.29, 0.717) is 10.6 Å². The van der Waals surface area contributed by atoms with E-state index < -0.39 is 10.8 Å². The molecule has 2 rings (SSSR count). The van der Waals surface area contributed by atoms with Gasteiger partial charge in [0.1, 0.15) is 0 Å². The Hall–Kier alpha value is -1.98. The molecule has 2 aromatic carbocycles. The molecule has 21 heavy (non-hydrogen) atoms. The molecule has 4 nitrogen and oxygen atoms in total. The smallest absolute Gasteiger partial charge is 0.238 e. The van der Waals surface area contributed by atoms with Gasteiger partial charge in [-0.1, -0.05) is 25.1 Å². The maximum Gasteiger partial charge on any atom is 0.238 e. The minimum absolute atomic E-state index is 0.0776. The van der Waals surface area contributed by atoms with Gasteiger partial charge >= 0.3 is 0 Å². The largest absolute Gasteiger partial charge is 0.325 e. The Morgan fingerprint density at radius 3 is 2.48 bits per heavy atom. The molecule has 2 aromatic rings. The predicted octanol–water partition coefficient (Wildman–Crippen LogP) is 2.31. The lowest BCUT2D eigenvalue weighted by Crippen LogP contribution is -2.21. The minimum Gasteiger partial charge on any atom is -0.325 e. The van der Waals surface area contributed by atoms with Crippen molar-refractivity contribution in [3.8, 4) is 0 Å². The lowest BCUT2D eigenvalue weighted by Gasteiger charge is -2.07. The summed E-state index contributed by atoms with van der Waals surface area (Å²) in [5.74, 6) is -0.273. The van der Waals surface area contributed by atoms with E-state index in [2.05, 4.69) is 12.2 Å². The van der Waals surface area contributed by atoms with Gasteiger partial charge in [0.25, 0.3) is 0 Å². The van der Waals surface area contributed by atoms with Crippen LogP contribution in [0.2, 0.25) is 0 Å². The first-order chi connectivity index (χ1) is 10.1. The van der Waals surface area contributed by atoms with E-state index in [9.17, 15) is 9.00 Å². The van der Waals surface area contributed by atoms with Gasteiger partial charge in [0.2, 0.25) is 5.91 Å². The SMILES string of the molecule is CCc1ccc(S(=O)c2cccc(NC(=O)CN)c2)cc1. The van der Waals surface area contributed by atoms with Crippen molar-refractivity contribution in [3.05, 3.63) is 54.1 Å². The van der Waals surface area contributed by atoms with Crippen LogP contribution in [0.4, 0.5) is 5.69 Å². The van der Waals surface area contributed by atoms with Crippen molar-refractivity contribution in [2.75, 3.05) is 11.9 Å². The maximum absolute atomic E-state index is 12.5. The Morgan fingerprint density at radius 1 is 1.14 bits per heavy atom. The summed E-state index contributed by atoms with van der Waals surface area (Å²) < 4.78 is 12.5. The number of rotatable bonds is 5. The van der Waals surface area contributed by atoms with E-state index in [4.69, 9.17) is 5.73 Å². The predicted molar refractivity (Wildman–Crippen MR) is 84.6 cm³/mol. The molecule has 0 saturated carbocycles. The van der Waals surface area contributed by atoms with Gasteiger partial charge < -0.3 is 11.1 Å². The Labute approximate surface area is 126 Å². The van der Waals surface area contributed by atoms with Crippen LogP contribution in [-0.2, 0) is 22.0 Å². The monoisotopic (exact) mass is 302 g/mol. The number of hydrogen-bond acceptors (Lipinski definition) is 3. The molecule has 1 unspecified atom stereocenters. The summed E-state index contributed by atoms with van der Waals surface area (Å²) in [5, 5.41) is 2.66. The van der Waals surface area contributed by atoms with E-state index in [-0.39, 0.29) is 12.5 Å². The second kappa shape index (κ2) is 7.15. The molecule has 0 aliphatic rings. The molecule has 0 heterocycles. The molecule has 0 radical (unpaired) electrons. The van der Waals surface area contributed by atoms with E-state index >= 15 is 0 Å². The molecule has 110 valence electrons. The number of carbonyl (C=O) groups is 1. The minimum atomic E-state index is -1.27. The lowest BCUT2D eigenvalue weighted by molar-refractivity contribution is -0.114. The molecule has 0 spiro atoms. The number of amides is 1. The highest BCUT2D eigenvalue weighted by molar-refractivity contribution is 7.85. The number of nitrogens with two attached hydrogens (primary N) is 1. The second-order valence-electron chi connectivity index (χ2n) is 4.55. The Balaban J connectivity index is 2.22. The fourth-order valence-corrected chi connectivity index (χ4v) is 2.98. The molecule has 0 aliphatic carbocycles. The first-order valence-corrected chi connectivity index (χ1v) is 7.89. The van der Waals surface area contributed by atoms with E-state index in [1.54, 1.807) is 24.3 Å². The van der Waals surface area contributed by atoms with Gasteiger partial charge in [0, 0.05) is 15.5 Å². The maximum atomic E-state index is 12.5. The summed E-state index contributed by atoms with van der Waals surface area (Å²) in [4.78, 5) is 12.7. The van der Waals surface area contributed by atoms with Crippen LogP contribution in [-0.4, -0.2) is 16.7 Å². The van der Waals surface area contributed by atoms with Crippen molar-refractivity contribution in [1.82, 2.24) is 0 Å². The standard InChI is InChI=1S/C16H18N2O2S/c1-2-12-6-8-14(9-7-12)21(20)15-5-3-4-13(10-15)18-16(19)11-17/h3-10H,2,11,17H2,1H3,(H,18,19). The van der Waals surface area contributed by atoms with Crippen LogP contribution < -0.4 is 11.1 Å². The highest BCUT2D eigenvalue weighted by atomic mass is 32.2. The third-order valence-electron chi connectivity index (χ3n) is 3.06. The highest BCUT2D eigenvalue weighted by Crippen LogP contribution is 2.20. The summed E-state index contributed by atoms with van der Waals surface area (Å²) in [6.45, 7) is 2.00. The van der Waals surface area contributed by atoms with E-state index in [0.717, 1.165) is 11.3 Å². The quantitative estimate of drug-likeness (QED) is 0.890. The fraction of sp³-hybridized carbons (Fsp3) is 0.188. The molecule has 0 saturated heterocycles. The number of anilines is 1. The zero-order chi connectivity index (χ0) is 15.2. The van der Waals surface area contributed by atoms with E-state index in [1.807, 2.05) is 24.3 Å². The Morgan fingerprint density at radius 2 is 1.86 bits per heavy atom. The van der Waals surface area contributed by atoms with Crippen molar-refractivity contribution in [2.24, 2.45) is 5.73 Å². The highest BCUT2D eigenvalue weighted by Gasteiger charge is 2.08. The third-order valence-corrected chi connectivity index (χ3v) is 4.45. The van der Waals surface area contributed by atoms with Crippen LogP contribution in [0.25, 0.3) is 0 Å². The van der Waals surface area contributed by atoms with Crippen molar-refractivity contribution in [2.45, 2.75) is 23.1 Å². The number of aryl methyl sites for hydroxylation is 1. The van der Waals surface area contributed by atoms with Crippen LogP contribution in [0.1, 0.15) is 12.5 Å². The third kappa shape index (κ3) is 4.00. The Kier molecular flexibility index (Phi) is 5.25. The average molecular weight is 302 g/mol. The average Bonchev–Trinajstić information content (AvgIpc) is 2.54.